The van der Waals surface area contributed by atoms with Gasteiger partial charge in [-0.2, -0.15) is 0 Å². The van der Waals surface area contributed by atoms with Gasteiger partial charge < -0.3 is 4.98 Å². The molecule has 2 heteroatoms. The number of rotatable bonds is 1. The van der Waals surface area contributed by atoms with E-state index in [-0.39, 0.29) is 5.41 Å². The smallest absolute Gasteiger partial charge is 0.0674 e. The van der Waals surface area contributed by atoms with Crippen LogP contribution in [0.5, 0.6) is 0 Å². The minimum absolute atomic E-state index is 0.00858. The predicted molar refractivity (Wildman–Crippen MR) is 108 cm³/mol. The Labute approximate surface area is 154 Å². The number of hydrogen-bond donors (Lipinski definition) is 1. The monoisotopic (exact) mass is 340 g/mol. The Morgan fingerprint density at radius 3 is 2.77 bits per heavy atom. The normalized spacial score (nSPS) is 24.1. The summed E-state index contributed by atoms with van der Waals surface area (Å²) in [7, 11) is 0. The lowest BCUT2D eigenvalue weighted by Crippen LogP contribution is -2.37. The van der Waals surface area contributed by atoms with Crippen molar-refractivity contribution in [2.75, 3.05) is 0 Å². The maximum absolute atomic E-state index is 5.07. The van der Waals surface area contributed by atoms with Gasteiger partial charge in [-0.05, 0) is 73.8 Å². The van der Waals surface area contributed by atoms with Crippen molar-refractivity contribution in [1.29, 1.82) is 0 Å². The van der Waals surface area contributed by atoms with Crippen molar-refractivity contribution in [3.05, 3.63) is 64.8 Å². The number of H-pyrrole nitrogens is 1. The van der Waals surface area contributed by atoms with E-state index in [1.807, 2.05) is 0 Å². The number of hydrogen-bond acceptors (Lipinski definition) is 1. The molecule has 0 radical (unpaired) electrons. The fraction of sp³-hybridized carbons (Fsp3) is 0.375. The van der Waals surface area contributed by atoms with Crippen molar-refractivity contribution in [1.82, 2.24) is 4.98 Å². The lowest BCUT2D eigenvalue weighted by molar-refractivity contribution is 0.527. The molecule has 3 aliphatic rings. The van der Waals surface area contributed by atoms with Crippen LogP contribution < -0.4 is 0 Å². The molecule has 0 amide bonds. The van der Waals surface area contributed by atoms with E-state index in [9.17, 15) is 0 Å². The van der Waals surface area contributed by atoms with Gasteiger partial charge in [0.25, 0.3) is 0 Å². The maximum atomic E-state index is 5.07. The fourth-order valence-corrected chi connectivity index (χ4v) is 5.70. The van der Waals surface area contributed by atoms with Crippen molar-refractivity contribution < 1.29 is 0 Å². The number of aryl methyl sites for hydroxylation is 2. The van der Waals surface area contributed by atoms with Crippen LogP contribution in [-0.4, -0.2) is 10.7 Å². The van der Waals surface area contributed by atoms with E-state index in [1.54, 1.807) is 5.56 Å². The lowest BCUT2D eigenvalue weighted by Gasteiger charge is -2.36. The van der Waals surface area contributed by atoms with Crippen LogP contribution in [0.1, 0.15) is 60.9 Å². The van der Waals surface area contributed by atoms with Gasteiger partial charge in [0.05, 0.1) is 11.1 Å². The molecule has 1 saturated carbocycles. The third-order valence-corrected chi connectivity index (χ3v) is 6.92. The van der Waals surface area contributed by atoms with Gasteiger partial charge in [0, 0.05) is 22.3 Å². The predicted octanol–water partition coefficient (Wildman–Crippen LogP) is 5.99. The Morgan fingerprint density at radius 2 is 1.77 bits per heavy atom. The van der Waals surface area contributed by atoms with Crippen molar-refractivity contribution in [2.45, 2.75) is 56.8 Å². The highest BCUT2D eigenvalue weighted by Gasteiger charge is 2.45. The van der Waals surface area contributed by atoms with Gasteiger partial charge >= 0.3 is 0 Å². The molecule has 2 heterocycles. The Kier molecular flexibility index (Phi) is 3.03. The molecule has 1 aliphatic heterocycles. The van der Waals surface area contributed by atoms with E-state index in [0.717, 1.165) is 6.42 Å². The molecule has 0 bridgehead atoms. The summed E-state index contributed by atoms with van der Waals surface area (Å²) in [5.41, 5.74) is 9.82. The first-order valence-corrected chi connectivity index (χ1v) is 10.2. The van der Waals surface area contributed by atoms with E-state index in [2.05, 4.69) is 47.4 Å². The molecule has 1 aromatic heterocycles. The molecule has 6 rings (SSSR count). The van der Waals surface area contributed by atoms with Crippen LogP contribution >= 0.6 is 0 Å². The summed E-state index contributed by atoms with van der Waals surface area (Å²) in [5.74, 6) is 0. The highest BCUT2D eigenvalue weighted by atomic mass is 14.8. The van der Waals surface area contributed by atoms with E-state index in [0.29, 0.717) is 0 Å². The molecule has 1 atom stereocenters. The summed E-state index contributed by atoms with van der Waals surface area (Å²) < 4.78 is 0. The summed E-state index contributed by atoms with van der Waals surface area (Å²) in [6, 6.07) is 16.0. The number of nitrogens with one attached hydrogen (secondary N) is 1. The van der Waals surface area contributed by atoms with E-state index in [4.69, 9.17) is 4.99 Å². The highest BCUT2D eigenvalue weighted by Crippen LogP contribution is 2.51. The van der Waals surface area contributed by atoms with Crippen LogP contribution in [0.25, 0.3) is 10.9 Å². The average molecular weight is 340 g/mol. The molecule has 1 N–H and O–H groups in total. The summed E-state index contributed by atoms with van der Waals surface area (Å²) >= 11 is 0. The second kappa shape index (κ2) is 5.33. The van der Waals surface area contributed by atoms with Crippen LogP contribution in [-0.2, 0) is 18.3 Å². The lowest BCUT2D eigenvalue weighted by atomic mass is 9.65. The van der Waals surface area contributed by atoms with E-state index >= 15 is 0 Å². The number of aliphatic imine (C=N–C) groups is 1. The van der Waals surface area contributed by atoms with Gasteiger partial charge in [-0.15, -0.1) is 0 Å². The Balaban J connectivity index is 1.58. The van der Waals surface area contributed by atoms with Crippen molar-refractivity contribution in [3.8, 4) is 0 Å². The molecule has 130 valence electrons. The first-order valence-electron chi connectivity index (χ1n) is 10.2. The molecular weight excluding hydrogens is 316 g/mol. The number of para-hydroxylation sites is 1. The zero-order chi connectivity index (χ0) is 17.1. The minimum Gasteiger partial charge on any atom is -0.358 e. The summed E-state index contributed by atoms with van der Waals surface area (Å²) in [5, 5.41) is 1.44. The van der Waals surface area contributed by atoms with Crippen molar-refractivity contribution >= 4 is 22.3 Å². The van der Waals surface area contributed by atoms with Gasteiger partial charge in [0.1, 0.15) is 0 Å². The minimum atomic E-state index is 0.00858. The number of aromatic amines is 1. The van der Waals surface area contributed by atoms with E-state index < -0.39 is 0 Å². The van der Waals surface area contributed by atoms with Crippen LogP contribution in [0, 0.1) is 0 Å². The van der Waals surface area contributed by atoms with Crippen molar-refractivity contribution in [3.63, 3.8) is 0 Å². The van der Waals surface area contributed by atoms with Crippen LogP contribution in [0.15, 0.2) is 47.5 Å². The molecule has 3 aromatic rings. The third-order valence-electron chi connectivity index (χ3n) is 6.92. The standard InChI is InChI=1S/C24H24N2/c1-3-9-20-17(7-1)18-13-12-16(15-22(18)25-20)24-14-6-5-11-23(24)26-21-10-4-2-8-19(21)24/h2,4,8,10,12-13,15,25H,1,3,5-7,9,11,14H2/t24-/m1/s1. The summed E-state index contributed by atoms with van der Waals surface area (Å²) in [4.78, 5) is 8.83. The van der Waals surface area contributed by atoms with Gasteiger partial charge in [-0.25, -0.2) is 0 Å². The summed E-state index contributed by atoms with van der Waals surface area (Å²) in [6.07, 6.45) is 9.97. The molecule has 0 unspecified atom stereocenters. The van der Waals surface area contributed by atoms with Gasteiger partial charge in [0.2, 0.25) is 0 Å². The Morgan fingerprint density at radius 1 is 0.885 bits per heavy atom. The Hall–Kier alpha value is -2.35. The van der Waals surface area contributed by atoms with Crippen molar-refractivity contribution in [2.24, 2.45) is 4.99 Å². The van der Waals surface area contributed by atoms with Crippen LogP contribution in [0.2, 0.25) is 0 Å². The third kappa shape index (κ3) is 1.85. The second-order valence-corrected chi connectivity index (χ2v) is 8.24. The molecule has 2 aromatic carbocycles. The van der Waals surface area contributed by atoms with Gasteiger partial charge in [-0.1, -0.05) is 36.8 Å². The van der Waals surface area contributed by atoms with E-state index in [1.165, 1.54) is 84.1 Å². The van der Waals surface area contributed by atoms with Gasteiger partial charge in [-0.3, -0.25) is 4.99 Å². The first-order chi connectivity index (χ1) is 12.9. The second-order valence-electron chi connectivity index (χ2n) is 8.24. The number of fused-ring (bicyclic) bond motifs is 6. The SMILES string of the molecule is c1ccc2c(c1)N=C1CCCC[C@]12c1ccc2c3c([nH]c2c1)CCCC3. The first kappa shape index (κ1) is 14.8. The zero-order valence-corrected chi connectivity index (χ0v) is 15.1. The maximum Gasteiger partial charge on any atom is 0.0674 e. The molecule has 26 heavy (non-hydrogen) atoms. The topological polar surface area (TPSA) is 28.1 Å². The zero-order valence-electron chi connectivity index (χ0n) is 15.1. The quantitative estimate of drug-likeness (QED) is 0.563. The number of benzene rings is 2. The average Bonchev–Trinajstić information content (AvgIpc) is 3.23. The number of nitrogens with zero attached hydrogens (tertiary/aromatic N) is 1. The fourth-order valence-electron chi connectivity index (χ4n) is 5.70. The molecule has 2 nitrogen and oxygen atoms in total. The van der Waals surface area contributed by atoms with Crippen LogP contribution in [0.3, 0.4) is 0 Å². The molecule has 0 spiro atoms. The van der Waals surface area contributed by atoms with Crippen LogP contribution in [0.4, 0.5) is 5.69 Å². The van der Waals surface area contributed by atoms with Gasteiger partial charge in [0.15, 0.2) is 0 Å². The summed E-state index contributed by atoms with van der Waals surface area (Å²) in [6.45, 7) is 0. The molecular formula is C24H24N2. The largest absolute Gasteiger partial charge is 0.358 e. The Bertz CT molecular complexity index is 1060. The molecule has 0 saturated heterocycles. The highest BCUT2D eigenvalue weighted by molar-refractivity contribution is 6.05. The molecule has 1 fully saturated rings. The molecule has 2 aliphatic carbocycles. The number of aromatic nitrogens is 1.